The molecule has 1 fully saturated rings. The summed E-state index contributed by atoms with van der Waals surface area (Å²) in [6.07, 6.45) is -4.74. The van der Waals surface area contributed by atoms with Crippen LogP contribution in [0, 0.1) is 0 Å². The van der Waals surface area contributed by atoms with Gasteiger partial charge in [-0.3, -0.25) is 9.59 Å². The van der Waals surface area contributed by atoms with Crippen molar-refractivity contribution in [2.24, 2.45) is 0 Å². The van der Waals surface area contributed by atoms with Crippen LogP contribution in [-0.2, 0) is 9.59 Å². The molecular formula is C6H8F3N2O2P. The van der Waals surface area contributed by atoms with Crippen LogP contribution in [0.5, 0.6) is 0 Å². The molecule has 0 spiro atoms. The Bertz CT molecular complexity index is 268. The van der Waals surface area contributed by atoms with Crippen molar-refractivity contribution < 1.29 is 22.8 Å². The number of nitrogens with one attached hydrogen (secondary N) is 1. The maximum absolute atomic E-state index is 11.8. The third kappa shape index (κ3) is 2.35. The van der Waals surface area contributed by atoms with Crippen molar-refractivity contribution >= 4 is 21.2 Å². The average Bonchev–Trinajstić information content (AvgIpc) is 2.34. The molecule has 4 nitrogen and oxygen atoms in total. The summed E-state index contributed by atoms with van der Waals surface area (Å²) in [5, 5.41) is 1.63. The lowest BCUT2D eigenvalue weighted by Gasteiger charge is -2.13. The van der Waals surface area contributed by atoms with Gasteiger partial charge in [-0.25, -0.2) is 0 Å². The van der Waals surface area contributed by atoms with E-state index < -0.39 is 24.0 Å². The Morgan fingerprint density at radius 2 is 2.14 bits per heavy atom. The Balaban J connectivity index is 2.54. The average molecular weight is 228 g/mol. The predicted octanol–water partition coefficient (Wildman–Crippen LogP) is 0.0559. The van der Waals surface area contributed by atoms with Crippen LogP contribution in [0.2, 0.25) is 0 Å². The number of amides is 2. The molecule has 1 aliphatic heterocycles. The van der Waals surface area contributed by atoms with Crippen molar-refractivity contribution in [2.45, 2.75) is 18.6 Å². The van der Waals surface area contributed by atoms with E-state index >= 15 is 0 Å². The molecule has 0 saturated carbocycles. The van der Waals surface area contributed by atoms with Gasteiger partial charge in [0.1, 0.15) is 6.04 Å². The van der Waals surface area contributed by atoms with Crippen LogP contribution >= 0.6 is 9.39 Å². The zero-order valence-electron chi connectivity index (χ0n) is 6.97. The molecule has 0 aromatic rings. The summed E-state index contributed by atoms with van der Waals surface area (Å²) >= 11 is 0. The van der Waals surface area contributed by atoms with Crippen molar-refractivity contribution in [1.29, 1.82) is 0 Å². The van der Waals surface area contributed by atoms with E-state index in [4.69, 9.17) is 0 Å². The Hall–Kier alpha value is -0.840. The summed E-state index contributed by atoms with van der Waals surface area (Å²) in [6, 6.07) is -1.05. The number of rotatable bonds is 1. The van der Waals surface area contributed by atoms with Crippen LogP contribution in [0.3, 0.4) is 0 Å². The minimum Gasteiger partial charge on any atom is -0.336 e. The topological polar surface area (TPSA) is 49.4 Å². The minimum atomic E-state index is -4.94. The SMILES string of the molecule is O=C1[C@H](NC(=O)C(F)(F)F)CCN1P. The number of hydrogen-bond acceptors (Lipinski definition) is 2. The van der Waals surface area contributed by atoms with E-state index in [1.807, 2.05) is 0 Å². The lowest BCUT2D eigenvalue weighted by molar-refractivity contribution is -0.174. The third-order valence-electron chi connectivity index (χ3n) is 1.80. The lowest BCUT2D eigenvalue weighted by Crippen LogP contribution is -2.45. The molecule has 1 rings (SSSR count). The van der Waals surface area contributed by atoms with E-state index in [0.29, 0.717) is 6.54 Å². The maximum atomic E-state index is 11.8. The fourth-order valence-electron chi connectivity index (χ4n) is 1.08. The Morgan fingerprint density at radius 3 is 2.50 bits per heavy atom. The molecule has 0 aromatic carbocycles. The lowest BCUT2D eigenvalue weighted by atomic mass is 10.2. The standard InChI is InChI=1S/C6H8F3N2O2P/c7-6(8,9)5(13)10-3-1-2-11(14)4(3)12/h3H,1-2,14H2,(H,10,13)/t3-/m1/s1. The minimum absolute atomic E-state index is 0.199. The zero-order chi connectivity index (χ0) is 10.9. The smallest absolute Gasteiger partial charge is 0.336 e. The largest absolute Gasteiger partial charge is 0.471 e. The summed E-state index contributed by atoms with van der Waals surface area (Å²) in [4.78, 5) is 21.5. The first-order chi connectivity index (χ1) is 6.32. The second-order valence-corrected chi connectivity index (χ2v) is 3.47. The highest BCUT2D eigenvalue weighted by Crippen LogP contribution is 2.18. The molecule has 8 heteroatoms. The summed E-state index contributed by atoms with van der Waals surface area (Å²) < 4.78 is 36.5. The summed E-state index contributed by atoms with van der Waals surface area (Å²) in [5.41, 5.74) is 0. The van der Waals surface area contributed by atoms with Crippen molar-refractivity contribution in [1.82, 2.24) is 9.99 Å². The number of carbonyl (C=O) groups excluding carboxylic acids is 2. The summed E-state index contributed by atoms with van der Waals surface area (Å²) in [5.74, 6) is -2.59. The maximum Gasteiger partial charge on any atom is 0.471 e. The van der Waals surface area contributed by atoms with E-state index in [1.165, 1.54) is 4.67 Å². The van der Waals surface area contributed by atoms with Gasteiger partial charge >= 0.3 is 12.1 Å². The van der Waals surface area contributed by atoms with Gasteiger partial charge < -0.3 is 9.99 Å². The molecule has 1 saturated heterocycles. The highest BCUT2D eigenvalue weighted by atomic mass is 31.0. The van der Waals surface area contributed by atoms with Crippen LogP contribution in [0.4, 0.5) is 13.2 Å². The van der Waals surface area contributed by atoms with E-state index in [1.54, 1.807) is 5.32 Å². The molecule has 14 heavy (non-hydrogen) atoms. The van der Waals surface area contributed by atoms with Crippen LogP contribution in [0.25, 0.3) is 0 Å². The van der Waals surface area contributed by atoms with Crippen LogP contribution in [-0.4, -0.2) is 35.2 Å². The number of carbonyl (C=O) groups is 2. The summed E-state index contributed by atoms with van der Waals surface area (Å²) in [7, 11) is 2.08. The Morgan fingerprint density at radius 1 is 1.57 bits per heavy atom. The van der Waals surface area contributed by atoms with Gasteiger partial charge in [0.05, 0.1) is 0 Å². The van der Waals surface area contributed by atoms with Crippen LogP contribution in [0.1, 0.15) is 6.42 Å². The van der Waals surface area contributed by atoms with Gasteiger partial charge in [-0.05, 0) is 15.8 Å². The highest BCUT2D eigenvalue weighted by molar-refractivity contribution is 7.14. The van der Waals surface area contributed by atoms with Gasteiger partial charge in [0.15, 0.2) is 0 Å². The van der Waals surface area contributed by atoms with Crippen molar-refractivity contribution in [3.8, 4) is 0 Å². The van der Waals surface area contributed by atoms with Gasteiger partial charge in [0.25, 0.3) is 0 Å². The molecule has 0 aromatic heterocycles. The second kappa shape index (κ2) is 3.73. The zero-order valence-corrected chi connectivity index (χ0v) is 8.12. The number of nitrogens with zero attached hydrogens (tertiary/aromatic N) is 1. The second-order valence-electron chi connectivity index (χ2n) is 2.84. The molecule has 80 valence electrons. The first-order valence-electron chi connectivity index (χ1n) is 3.76. The van der Waals surface area contributed by atoms with Gasteiger partial charge in [-0.15, -0.1) is 0 Å². The molecule has 1 aliphatic rings. The van der Waals surface area contributed by atoms with Crippen LogP contribution < -0.4 is 5.32 Å². The molecule has 0 aliphatic carbocycles. The third-order valence-corrected chi connectivity index (χ3v) is 2.32. The predicted molar refractivity (Wildman–Crippen MR) is 44.0 cm³/mol. The van der Waals surface area contributed by atoms with Crippen molar-refractivity contribution in [2.75, 3.05) is 6.54 Å². The number of hydrogen-bond donors (Lipinski definition) is 1. The van der Waals surface area contributed by atoms with Gasteiger partial charge in [0.2, 0.25) is 5.91 Å². The fraction of sp³-hybridized carbons (Fsp3) is 0.667. The Kier molecular flexibility index (Phi) is 2.99. The number of halogens is 3. The monoisotopic (exact) mass is 228 g/mol. The van der Waals surface area contributed by atoms with Crippen molar-refractivity contribution in [3.05, 3.63) is 0 Å². The number of alkyl halides is 3. The fourth-order valence-corrected chi connectivity index (χ4v) is 1.41. The van der Waals surface area contributed by atoms with E-state index in [9.17, 15) is 22.8 Å². The van der Waals surface area contributed by atoms with Gasteiger partial charge in [0, 0.05) is 6.54 Å². The molecule has 1 heterocycles. The normalized spacial score (nSPS) is 22.7. The van der Waals surface area contributed by atoms with E-state index in [0.717, 1.165) is 0 Å². The summed E-state index contributed by atoms with van der Waals surface area (Å²) in [6.45, 7) is 0.326. The molecule has 1 N–H and O–H groups in total. The first-order valence-corrected chi connectivity index (χ1v) is 4.28. The van der Waals surface area contributed by atoms with Crippen molar-refractivity contribution in [3.63, 3.8) is 0 Å². The van der Waals surface area contributed by atoms with E-state index in [2.05, 4.69) is 9.39 Å². The van der Waals surface area contributed by atoms with Gasteiger partial charge in [-0.1, -0.05) is 0 Å². The molecule has 0 bridgehead atoms. The molecule has 0 radical (unpaired) electrons. The van der Waals surface area contributed by atoms with Gasteiger partial charge in [-0.2, -0.15) is 13.2 Å². The molecule has 2 amide bonds. The molecule has 2 atom stereocenters. The van der Waals surface area contributed by atoms with Crippen LogP contribution in [0.15, 0.2) is 0 Å². The Labute approximate surface area is 80.1 Å². The highest BCUT2D eigenvalue weighted by Gasteiger charge is 2.42. The van der Waals surface area contributed by atoms with E-state index in [-0.39, 0.29) is 6.42 Å². The first kappa shape index (κ1) is 11.2. The molecule has 1 unspecified atom stereocenters. The molecular weight excluding hydrogens is 220 g/mol. The quantitative estimate of drug-likeness (QED) is 0.645.